The first kappa shape index (κ1) is 56.0. The van der Waals surface area contributed by atoms with Crippen LogP contribution in [0.2, 0.25) is 0 Å². The van der Waals surface area contributed by atoms with Gasteiger partial charge in [0.25, 0.3) is 0 Å². The van der Waals surface area contributed by atoms with E-state index in [9.17, 15) is 0 Å². The van der Waals surface area contributed by atoms with Gasteiger partial charge in [0.2, 0.25) is 0 Å². The van der Waals surface area contributed by atoms with Crippen LogP contribution in [0.1, 0.15) is 138 Å². The minimum Gasteiger partial charge on any atom is -0.263 e. The number of allylic oxidation sites excluding steroid dienone is 16. The van der Waals surface area contributed by atoms with E-state index >= 15 is 0 Å². The Hall–Kier alpha value is 0.556. The standard InChI is InChI=1S/4C10H15.CH3Cl.2ClH.2Zr/c4*1-7-6-10(4,5)9(3)8(7)2;1-2;;;;/h4*1-5H3;1H3;2*1H;;/q4*-1;;;;2*+2. The van der Waals surface area contributed by atoms with Crippen molar-refractivity contribution < 1.29 is 52.4 Å². The van der Waals surface area contributed by atoms with Gasteiger partial charge >= 0.3 is 52.4 Å². The second-order valence-electron chi connectivity index (χ2n) is 14.5. The molecule has 0 aromatic carbocycles. The Morgan fingerprint density at radius 1 is 0.326 bits per heavy atom. The van der Waals surface area contributed by atoms with Crippen LogP contribution in [0.4, 0.5) is 0 Å². The van der Waals surface area contributed by atoms with E-state index in [0.29, 0.717) is 0 Å². The minimum atomic E-state index is 0. The Balaban J connectivity index is -0.000000155. The van der Waals surface area contributed by atoms with Crippen LogP contribution in [0.5, 0.6) is 0 Å². The molecule has 0 aromatic rings. The van der Waals surface area contributed by atoms with Gasteiger partial charge in [-0.25, -0.2) is 22.3 Å². The molecule has 0 bridgehead atoms. The molecule has 0 nitrogen and oxygen atoms in total. The number of halogens is 3. The molecular weight excluding hydrogens is 781 g/mol. The third-order valence-electron chi connectivity index (χ3n) is 10.2. The molecule has 258 valence electrons. The molecule has 0 aliphatic heterocycles. The molecule has 4 aliphatic carbocycles. The summed E-state index contributed by atoms with van der Waals surface area (Å²) in [6.45, 7) is 43.7. The van der Waals surface area contributed by atoms with Crippen LogP contribution in [0, 0.1) is 46.0 Å². The average molecular weight is 847 g/mol. The van der Waals surface area contributed by atoms with Crippen molar-refractivity contribution in [3.63, 3.8) is 0 Å². The van der Waals surface area contributed by atoms with E-state index in [0.717, 1.165) is 0 Å². The van der Waals surface area contributed by atoms with Gasteiger partial charge < -0.3 is 0 Å². The molecule has 0 N–H and O–H groups in total. The monoisotopic (exact) mass is 842 g/mol. The molecule has 0 radical (unpaired) electrons. The van der Waals surface area contributed by atoms with Gasteiger partial charge in [-0.15, -0.1) is 64.1 Å². The molecule has 0 fully saturated rings. The van der Waals surface area contributed by atoms with Gasteiger partial charge in [0.1, 0.15) is 0 Å². The number of hydrogen-bond acceptors (Lipinski definition) is 0. The van der Waals surface area contributed by atoms with Crippen molar-refractivity contribution in [2.45, 2.75) is 138 Å². The summed E-state index contributed by atoms with van der Waals surface area (Å²) in [4.78, 5) is 0. The zero-order valence-corrected chi connectivity index (χ0v) is 40.5. The molecule has 0 spiro atoms. The van der Waals surface area contributed by atoms with Gasteiger partial charge in [-0.3, -0.25) is 24.3 Å². The van der Waals surface area contributed by atoms with Crippen molar-refractivity contribution in [3.8, 4) is 0 Å². The maximum atomic E-state index is 4.64. The van der Waals surface area contributed by atoms with Crippen LogP contribution in [0.3, 0.4) is 0 Å². The van der Waals surface area contributed by atoms with Gasteiger partial charge in [-0.05, 0) is 0 Å². The van der Waals surface area contributed by atoms with Crippen molar-refractivity contribution in [3.05, 3.63) is 91.2 Å². The Bertz CT molecular complexity index is 1080. The zero-order valence-electron chi connectivity index (χ0n) is 33.2. The molecule has 46 heavy (non-hydrogen) atoms. The smallest absolute Gasteiger partial charge is 0.263 e. The molecule has 0 saturated carbocycles. The van der Waals surface area contributed by atoms with E-state index in [1.807, 2.05) is 0 Å². The summed E-state index contributed by atoms with van der Waals surface area (Å²) in [5.41, 5.74) is 17.6. The van der Waals surface area contributed by atoms with E-state index in [2.05, 4.69) is 174 Å². The summed E-state index contributed by atoms with van der Waals surface area (Å²) >= 11 is 4.64. The Morgan fingerprint density at radius 2 is 0.435 bits per heavy atom. The third-order valence-corrected chi connectivity index (χ3v) is 10.2. The number of hydrogen-bond donors (Lipinski definition) is 0. The summed E-state index contributed by atoms with van der Waals surface area (Å²) in [6, 6.07) is 0. The largest absolute Gasteiger partial charge is 2.00 e. The van der Waals surface area contributed by atoms with Crippen LogP contribution < -0.4 is 0 Å². The van der Waals surface area contributed by atoms with Gasteiger partial charge in [-0.2, -0.15) is 44.6 Å². The molecule has 0 saturated heterocycles. The number of alkyl halides is 1. The summed E-state index contributed by atoms with van der Waals surface area (Å²) < 4.78 is 0. The second kappa shape index (κ2) is 21.7. The van der Waals surface area contributed by atoms with Gasteiger partial charge in [0.15, 0.2) is 0 Å². The van der Waals surface area contributed by atoms with Crippen LogP contribution >= 0.6 is 36.4 Å². The predicted octanol–water partition coefficient (Wildman–Crippen LogP) is 14.1. The summed E-state index contributed by atoms with van der Waals surface area (Å²) in [5, 5.41) is 0. The first-order chi connectivity index (χ1) is 18.8. The molecule has 0 amide bonds. The normalized spacial score (nSPS) is 20.6. The first-order valence-electron chi connectivity index (χ1n) is 15.4. The molecule has 0 aromatic heterocycles. The quantitative estimate of drug-likeness (QED) is 0.168. The van der Waals surface area contributed by atoms with Gasteiger partial charge in [-0.1, -0.05) is 132 Å². The number of rotatable bonds is 0. The van der Waals surface area contributed by atoms with Crippen LogP contribution in [-0.2, 0) is 52.4 Å². The summed E-state index contributed by atoms with van der Waals surface area (Å²) in [7, 11) is 0. The first-order valence-corrected chi connectivity index (χ1v) is 16.1. The summed E-state index contributed by atoms with van der Waals surface area (Å²) in [6.07, 6.45) is 15.2. The Morgan fingerprint density at radius 3 is 0.457 bits per heavy atom. The molecule has 5 heteroatoms. The summed E-state index contributed by atoms with van der Waals surface area (Å²) in [5.74, 6) is 0. The fraction of sp³-hybridized carbons (Fsp3) is 0.610. The van der Waals surface area contributed by atoms with Crippen molar-refractivity contribution in [2.24, 2.45) is 21.7 Å². The minimum absolute atomic E-state index is 0. The van der Waals surface area contributed by atoms with Gasteiger partial charge in [0.05, 0.1) is 0 Å². The van der Waals surface area contributed by atoms with Crippen molar-refractivity contribution in [1.29, 1.82) is 0 Å². The van der Waals surface area contributed by atoms with Crippen molar-refractivity contribution >= 4 is 36.4 Å². The molecule has 0 atom stereocenters. The average Bonchev–Trinajstić information content (AvgIpc) is 3.34. The van der Waals surface area contributed by atoms with Crippen LogP contribution in [0.25, 0.3) is 0 Å². The van der Waals surface area contributed by atoms with E-state index in [1.54, 1.807) is 0 Å². The van der Waals surface area contributed by atoms with E-state index in [-0.39, 0.29) is 98.9 Å². The predicted molar refractivity (Wildman–Crippen MR) is 205 cm³/mol. The van der Waals surface area contributed by atoms with E-state index < -0.39 is 0 Å². The van der Waals surface area contributed by atoms with Gasteiger partial charge in [0, 0.05) is 6.38 Å². The molecule has 0 heterocycles. The topological polar surface area (TPSA) is 0 Å². The maximum Gasteiger partial charge on any atom is 2.00 e. The SMILES string of the molecule is CC1=[C-]C(C)(C)C(C)=C1C.CC1=[C-]C(C)(C)C(C)=C1C.CC1=[C-]C(C)(C)C(C)=C1C.CC1=[C-]C(C)(C)C(C)=C1C.CCl.Cl.Cl.[Zr+2].[Zr+2]. The van der Waals surface area contributed by atoms with Crippen molar-refractivity contribution in [1.82, 2.24) is 0 Å². The fourth-order valence-electron chi connectivity index (χ4n) is 5.62. The molecule has 4 aliphatic rings. The van der Waals surface area contributed by atoms with E-state index in [4.69, 9.17) is 0 Å². The molecule has 0 unspecified atom stereocenters. The zero-order chi connectivity index (χ0) is 33.8. The Kier molecular flexibility index (Phi) is 26.4. The van der Waals surface area contributed by atoms with Crippen molar-refractivity contribution in [2.75, 3.05) is 6.38 Å². The fourth-order valence-corrected chi connectivity index (χ4v) is 5.62. The van der Waals surface area contributed by atoms with Crippen LogP contribution in [-0.4, -0.2) is 6.38 Å². The molecular formula is C41H65Cl3Zr2. The molecule has 4 rings (SSSR count). The van der Waals surface area contributed by atoms with E-state index in [1.165, 1.54) is 73.3 Å². The maximum absolute atomic E-state index is 4.64. The van der Waals surface area contributed by atoms with Crippen LogP contribution in [0.15, 0.2) is 66.9 Å². The second-order valence-corrected chi connectivity index (χ2v) is 14.5. The Labute approximate surface area is 343 Å². The third kappa shape index (κ3) is 14.4.